The molecule has 2 aromatic rings. The number of hydrogen-bond donors (Lipinski definition) is 2. The van der Waals surface area contributed by atoms with Crippen LogP contribution in [0.4, 0.5) is 5.95 Å². The third-order valence-corrected chi connectivity index (χ3v) is 4.12. The van der Waals surface area contributed by atoms with Gasteiger partial charge in [0.25, 0.3) is 0 Å². The second-order valence-corrected chi connectivity index (χ2v) is 6.16. The molecule has 2 N–H and O–H groups in total. The Bertz CT molecular complexity index is 562. The summed E-state index contributed by atoms with van der Waals surface area (Å²) in [5.41, 5.74) is 0.958. The van der Waals surface area contributed by atoms with Crippen LogP contribution in [0.5, 0.6) is 0 Å². The molecule has 0 aliphatic rings. The molecule has 1 aromatic heterocycles. The fourth-order valence-electron chi connectivity index (χ4n) is 1.88. The van der Waals surface area contributed by atoms with Gasteiger partial charge in [-0.1, -0.05) is 32.0 Å². The zero-order valence-corrected chi connectivity index (χ0v) is 12.8. The Hall–Kier alpha value is -1.33. The molecule has 0 spiro atoms. The summed E-state index contributed by atoms with van der Waals surface area (Å²) in [6.07, 6.45) is 1.81. The van der Waals surface area contributed by atoms with Crippen molar-refractivity contribution in [1.82, 2.24) is 9.97 Å². The van der Waals surface area contributed by atoms with Gasteiger partial charge in [-0.05, 0) is 18.9 Å². The Morgan fingerprint density at radius 3 is 2.85 bits per heavy atom. The van der Waals surface area contributed by atoms with Crippen molar-refractivity contribution >= 4 is 28.6 Å². The summed E-state index contributed by atoms with van der Waals surface area (Å²) < 4.78 is 0. The van der Waals surface area contributed by atoms with Gasteiger partial charge in [0.05, 0.1) is 5.52 Å². The Kier molecular flexibility index (Phi) is 5.61. The minimum atomic E-state index is 0.206. The van der Waals surface area contributed by atoms with Crippen LogP contribution in [0, 0.1) is 0 Å². The average molecular weight is 291 g/mol. The highest BCUT2D eigenvalue weighted by Crippen LogP contribution is 2.30. The van der Waals surface area contributed by atoms with Gasteiger partial charge in [-0.25, -0.2) is 9.97 Å². The molecule has 0 saturated carbocycles. The monoisotopic (exact) mass is 291 g/mol. The highest BCUT2D eigenvalue weighted by Gasteiger charge is 2.11. The van der Waals surface area contributed by atoms with Crippen LogP contribution in [-0.2, 0) is 0 Å². The SMILES string of the molecule is CCCNc1nc(SC(C)CCO)c2ccccc2n1. The number of thioether (sulfide) groups is 1. The first kappa shape index (κ1) is 15.1. The predicted octanol–water partition coefficient (Wildman–Crippen LogP) is 3.31. The molecule has 0 aliphatic heterocycles. The predicted molar refractivity (Wildman–Crippen MR) is 85.3 cm³/mol. The third kappa shape index (κ3) is 3.84. The first-order chi connectivity index (χ1) is 9.74. The maximum absolute atomic E-state index is 9.04. The van der Waals surface area contributed by atoms with E-state index in [-0.39, 0.29) is 6.61 Å². The molecule has 0 saturated heterocycles. The van der Waals surface area contributed by atoms with Crippen LogP contribution >= 0.6 is 11.8 Å². The van der Waals surface area contributed by atoms with Crippen molar-refractivity contribution < 1.29 is 5.11 Å². The Morgan fingerprint density at radius 1 is 1.30 bits per heavy atom. The second-order valence-electron chi connectivity index (χ2n) is 4.74. The van der Waals surface area contributed by atoms with Crippen molar-refractivity contribution in [3.05, 3.63) is 24.3 Å². The number of rotatable bonds is 7. The summed E-state index contributed by atoms with van der Waals surface area (Å²) in [5, 5.41) is 14.7. The number of anilines is 1. The van der Waals surface area contributed by atoms with Crippen molar-refractivity contribution in [2.75, 3.05) is 18.5 Å². The Labute approximate surface area is 124 Å². The van der Waals surface area contributed by atoms with Crippen LogP contribution in [0.15, 0.2) is 29.3 Å². The molecule has 4 nitrogen and oxygen atoms in total. The molecule has 1 atom stereocenters. The summed E-state index contributed by atoms with van der Waals surface area (Å²) in [5.74, 6) is 0.684. The minimum Gasteiger partial charge on any atom is -0.396 e. The van der Waals surface area contributed by atoms with E-state index in [2.05, 4.69) is 29.1 Å². The van der Waals surface area contributed by atoms with Crippen LogP contribution in [0.3, 0.4) is 0 Å². The number of para-hydroxylation sites is 1. The van der Waals surface area contributed by atoms with Crippen LogP contribution in [-0.4, -0.2) is 33.5 Å². The molecule has 5 heteroatoms. The molecule has 0 amide bonds. The van der Waals surface area contributed by atoms with Gasteiger partial charge >= 0.3 is 0 Å². The number of benzene rings is 1. The van der Waals surface area contributed by atoms with Crippen molar-refractivity contribution in [1.29, 1.82) is 0 Å². The van der Waals surface area contributed by atoms with Crippen molar-refractivity contribution in [2.24, 2.45) is 0 Å². The molecule has 0 fully saturated rings. The van der Waals surface area contributed by atoms with Gasteiger partial charge < -0.3 is 10.4 Å². The van der Waals surface area contributed by atoms with Crippen LogP contribution < -0.4 is 5.32 Å². The smallest absolute Gasteiger partial charge is 0.224 e. The molecule has 2 rings (SSSR count). The van der Waals surface area contributed by atoms with Crippen molar-refractivity contribution in [3.8, 4) is 0 Å². The van der Waals surface area contributed by atoms with E-state index in [0.29, 0.717) is 11.2 Å². The van der Waals surface area contributed by atoms with Gasteiger partial charge in [-0.15, -0.1) is 11.8 Å². The molecule has 20 heavy (non-hydrogen) atoms. The molecule has 1 unspecified atom stereocenters. The van der Waals surface area contributed by atoms with E-state index >= 15 is 0 Å². The van der Waals surface area contributed by atoms with Crippen LogP contribution in [0.25, 0.3) is 10.9 Å². The molecular weight excluding hydrogens is 270 g/mol. The van der Waals surface area contributed by atoms with E-state index in [0.717, 1.165) is 35.3 Å². The van der Waals surface area contributed by atoms with E-state index < -0.39 is 0 Å². The van der Waals surface area contributed by atoms with Gasteiger partial charge in [-0.2, -0.15) is 0 Å². The van der Waals surface area contributed by atoms with Crippen molar-refractivity contribution in [2.45, 2.75) is 37.0 Å². The van der Waals surface area contributed by atoms with Gasteiger partial charge in [0.2, 0.25) is 5.95 Å². The molecule has 0 aliphatic carbocycles. The highest BCUT2D eigenvalue weighted by atomic mass is 32.2. The van der Waals surface area contributed by atoms with E-state index in [1.807, 2.05) is 24.3 Å². The largest absolute Gasteiger partial charge is 0.396 e. The number of hydrogen-bond acceptors (Lipinski definition) is 5. The van der Waals surface area contributed by atoms with E-state index in [1.165, 1.54) is 0 Å². The number of aliphatic hydroxyl groups excluding tert-OH is 1. The van der Waals surface area contributed by atoms with E-state index in [9.17, 15) is 0 Å². The summed E-state index contributed by atoms with van der Waals surface area (Å²) in [6.45, 7) is 5.30. The molecular formula is C15H21N3OS. The van der Waals surface area contributed by atoms with Gasteiger partial charge in [0.1, 0.15) is 5.03 Å². The maximum Gasteiger partial charge on any atom is 0.224 e. The number of fused-ring (bicyclic) bond motifs is 1. The van der Waals surface area contributed by atoms with Crippen LogP contribution in [0.2, 0.25) is 0 Å². The maximum atomic E-state index is 9.04. The van der Waals surface area contributed by atoms with Gasteiger partial charge in [-0.3, -0.25) is 0 Å². The Balaban J connectivity index is 2.33. The lowest BCUT2D eigenvalue weighted by molar-refractivity contribution is 0.289. The van der Waals surface area contributed by atoms with E-state index in [4.69, 9.17) is 5.11 Å². The quantitative estimate of drug-likeness (QED) is 0.605. The zero-order valence-electron chi connectivity index (χ0n) is 12.0. The van der Waals surface area contributed by atoms with Crippen LogP contribution in [0.1, 0.15) is 26.7 Å². The molecule has 1 heterocycles. The van der Waals surface area contributed by atoms with Crippen molar-refractivity contribution in [3.63, 3.8) is 0 Å². The summed E-state index contributed by atoms with van der Waals surface area (Å²) in [4.78, 5) is 9.16. The summed E-state index contributed by atoms with van der Waals surface area (Å²) in [7, 11) is 0. The summed E-state index contributed by atoms with van der Waals surface area (Å²) >= 11 is 1.69. The fraction of sp³-hybridized carbons (Fsp3) is 0.467. The molecule has 1 aromatic carbocycles. The highest BCUT2D eigenvalue weighted by molar-refractivity contribution is 8.00. The lowest BCUT2D eigenvalue weighted by Gasteiger charge is -2.12. The van der Waals surface area contributed by atoms with Gasteiger partial charge in [0.15, 0.2) is 0 Å². The number of aliphatic hydroxyl groups is 1. The standard InChI is InChI=1S/C15H21N3OS/c1-3-9-16-15-17-13-7-5-4-6-12(13)14(18-15)20-11(2)8-10-19/h4-7,11,19H,3,8-10H2,1-2H3,(H,16,17,18). The topological polar surface area (TPSA) is 58.0 Å². The molecule has 0 radical (unpaired) electrons. The fourth-order valence-corrected chi connectivity index (χ4v) is 2.93. The number of aromatic nitrogens is 2. The lowest BCUT2D eigenvalue weighted by atomic mass is 10.2. The molecule has 108 valence electrons. The van der Waals surface area contributed by atoms with Gasteiger partial charge in [0, 0.05) is 23.8 Å². The number of nitrogens with one attached hydrogen (secondary N) is 1. The third-order valence-electron chi connectivity index (χ3n) is 2.95. The summed E-state index contributed by atoms with van der Waals surface area (Å²) in [6, 6.07) is 8.05. The van der Waals surface area contributed by atoms with E-state index in [1.54, 1.807) is 11.8 Å². The Morgan fingerprint density at radius 2 is 2.10 bits per heavy atom. The minimum absolute atomic E-state index is 0.206. The first-order valence-corrected chi connectivity index (χ1v) is 7.90. The average Bonchev–Trinajstić information content (AvgIpc) is 2.45. The molecule has 0 bridgehead atoms. The normalized spacial score (nSPS) is 12.6. The lowest BCUT2D eigenvalue weighted by Crippen LogP contribution is -2.06. The second kappa shape index (κ2) is 7.45. The zero-order chi connectivity index (χ0) is 14.4. The first-order valence-electron chi connectivity index (χ1n) is 7.02. The number of nitrogens with zero attached hydrogens (tertiary/aromatic N) is 2.